The summed E-state index contributed by atoms with van der Waals surface area (Å²) >= 11 is 0. The fourth-order valence-electron chi connectivity index (χ4n) is 2.23. The number of nitrogens with one attached hydrogen (secondary N) is 2. The number of hydrogen-bond acceptors (Lipinski definition) is 5. The highest BCUT2D eigenvalue weighted by molar-refractivity contribution is 7.92. The number of anilines is 2. The van der Waals surface area contributed by atoms with Crippen molar-refractivity contribution in [2.24, 2.45) is 0 Å². The lowest BCUT2D eigenvalue weighted by molar-refractivity contribution is -0.119. The van der Waals surface area contributed by atoms with Crippen LogP contribution < -0.4 is 14.9 Å². The second-order valence-corrected chi connectivity index (χ2v) is 7.54. The predicted octanol–water partition coefficient (Wildman–Crippen LogP) is 1.12. The standard InChI is InChI=1S/C17H20N4O4S/c1-13(22)20-15-4-3-5-16(10-15)21(26(2,24)25)12-17(23)19-11-14-6-8-18-9-7-14/h3-10H,11-12H2,1-2H3,(H,19,23)(H,20,22). The van der Waals surface area contributed by atoms with Crippen molar-refractivity contribution in [3.05, 3.63) is 54.4 Å². The molecule has 8 nitrogen and oxygen atoms in total. The Labute approximate surface area is 152 Å². The quantitative estimate of drug-likeness (QED) is 0.753. The van der Waals surface area contributed by atoms with E-state index in [-0.39, 0.29) is 24.7 Å². The highest BCUT2D eigenvalue weighted by Crippen LogP contribution is 2.21. The molecule has 2 rings (SSSR count). The van der Waals surface area contributed by atoms with E-state index in [9.17, 15) is 18.0 Å². The summed E-state index contributed by atoms with van der Waals surface area (Å²) in [5.41, 5.74) is 1.59. The SMILES string of the molecule is CC(=O)Nc1cccc(N(CC(=O)NCc2ccncc2)S(C)(=O)=O)c1. The fraction of sp³-hybridized carbons (Fsp3) is 0.235. The molecule has 0 saturated carbocycles. The van der Waals surface area contributed by atoms with Crippen LogP contribution in [0.3, 0.4) is 0 Å². The zero-order valence-electron chi connectivity index (χ0n) is 14.5. The van der Waals surface area contributed by atoms with Gasteiger partial charge in [-0.05, 0) is 35.9 Å². The van der Waals surface area contributed by atoms with Gasteiger partial charge in [-0.1, -0.05) is 6.07 Å². The molecule has 26 heavy (non-hydrogen) atoms. The number of carbonyl (C=O) groups is 2. The Morgan fingerprint density at radius 2 is 1.85 bits per heavy atom. The lowest BCUT2D eigenvalue weighted by atomic mass is 10.2. The van der Waals surface area contributed by atoms with Crippen molar-refractivity contribution in [1.29, 1.82) is 0 Å². The molecule has 2 aromatic rings. The van der Waals surface area contributed by atoms with Gasteiger partial charge in [0.05, 0.1) is 11.9 Å². The van der Waals surface area contributed by atoms with E-state index in [1.54, 1.807) is 42.7 Å². The third-order valence-electron chi connectivity index (χ3n) is 3.38. The number of benzene rings is 1. The van der Waals surface area contributed by atoms with Gasteiger partial charge < -0.3 is 10.6 Å². The highest BCUT2D eigenvalue weighted by Gasteiger charge is 2.21. The molecular formula is C17H20N4O4S. The van der Waals surface area contributed by atoms with Gasteiger partial charge in [-0.3, -0.25) is 18.9 Å². The van der Waals surface area contributed by atoms with Crippen LogP contribution in [0.15, 0.2) is 48.8 Å². The highest BCUT2D eigenvalue weighted by atomic mass is 32.2. The number of pyridine rings is 1. The first-order valence-corrected chi connectivity index (χ1v) is 9.61. The third-order valence-corrected chi connectivity index (χ3v) is 4.52. The summed E-state index contributed by atoms with van der Waals surface area (Å²) in [4.78, 5) is 27.3. The molecule has 0 saturated heterocycles. The molecule has 0 radical (unpaired) electrons. The van der Waals surface area contributed by atoms with E-state index in [4.69, 9.17) is 0 Å². The average molecular weight is 376 g/mol. The van der Waals surface area contributed by atoms with E-state index in [1.165, 1.54) is 13.0 Å². The maximum absolute atomic E-state index is 12.2. The average Bonchev–Trinajstić information content (AvgIpc) is 2.57. The van der Waals surface area contributed by atoms with Gasteiger partial charge in [0.1, 0.15) is 6.54 Å². The molecule has 9 heteroatoms. The first-order chi connectivity index (χ1) is 12.3. The van der Waals surface area contributed by atoms with Crippen molar-refractivity contribution in [1.82, 2.24) is 10.3 Å². The molecule has 0 bridgehead atoms. The van der Waals surface area contributed by atoms with Gasteiger partial charge in [0.25, 0.3) is 0 Å². The number of hydrogen-bond donors (Lipinski definition) is 2. The number of sulfonamides is 1. The molecule has 0 aliphatic carbocycles. The summed E-state index contributed by atoms with van der Waals surface area (Å²) in [6, 6.07) is 9.81. The van der Waals surface area contributed by atoms with Crippen molar-refractivity contribution >= 4 is 33.2 Å². The Kier molecular flexibility index (Phi) is 6.29. The lowest BCUT2D eigenvalue weighted by Gasteiger charge is -2.22. The van der Waals surface area contributed by atoms with Gasteiger partial charge in [-0.2, -0.15) is 0 Å². The van der Waals surface area contributed by atoms with E-state index in [1.807, 2.05) is 0 Å². The van der Waals surface area contributed by atoms with Crippen LogP contribution >= 0.6 is 0 Å². The smallest absolute Gasteiger partial charge is 0.241 e. The first kappa shape index (κ1) is 19.4. The summed E-state index contributed by atoms with van der Waals surface area (Å²) < 4.78 is 25.2. The van der Waals surface area contributed by atoms with E-state index in [0.29, 0.717) is 5.69 Å². The molecule has 0 unspecified atom stereocenters. The topological polar surface area (TPSA) is 108 Å². The normalized spacial score (nSPS) is 10.8. The van der Waals surface area contributed by atoms with Crippen molar-refractivity contribution in [2.45, 2.75) is 13.5 Å². The molecule has 0 aliphatic rings. The number of nitrogens with zero attached hydrogens (tertiary/aromatic N) is 2. The van der Waals surface area contributed by atoms with E-state index < -0.39 is 15.9 Å². The van der Waals surface area contributed by atoms with Crippen molar-refractivity contribution in [3.8, 4) is 0 Å². The molecule has 0 fully saturated rings. The molecular weight excluding hydrogens is 356 g/mol. The largest absolute Gasteiger partial charge is 0.350 e. The molecule has 0 atom stereocenters. The van der Waals surface area contributed by atoms with E-state index >= 15 is 0 Å². The molecule has 2 amide bonds. The van der Waals surface area contributed by atoms with Crippen molar-refractivity contribution in [2.75, 3.05) is 22.4 Å². The minimum atomic E-state index is -3.69. The zero-order chi connectivity index (χ0) is 19.2. The third kappa shape index (κ3) is 5.85. The van der Waals surface area contributed by atoms with Gasteiger partial charge >= 0.3 is 0 Å². The van der Waals surface area contributed by atoms with Gasteiger partial charge in [-0.25, -0.2) is 8.42 Å². The van der Waals surface area contributed by atoms with Gasteiger partial charge in [0, 0.05) is 31.5 Å². The maximum Gasteiger partial charge on any atom is 0.241 e. The molecule has 1 aromatic carbocycles. The number of rotatable bonds is 7. The van der Waals surface area contributed by atoms with Gasteiger partial charge in [-0.15, -0.1) is 0 Å². The van der Waals surface area contributed by atoms with E-state index in [2.05, 4.69) is 15.6 Å². The molecule has 1 heterocycles. The summed E-state index contributed by atoms with van der Waals surface area (Å²) in [6.45, 7) is 1.26. The van der Waals surface area contributed by atoms with Crippen LogP contribution in [0.1, 0.15) is 12.5 Å². The Morgan fingerprint density at radius 3 is 2.46 bits per heavy atom. The van der Waals surface area contributed by atoms with Gasteiger partial charge in [0.2, 0.25) is 21.8 Å². The molecule has 1 aromatic heterocycles. The summed E-state index contributed by atoms with van der Waals surface area (Å²) in [5.74, 6) is -0.722. The Balaban J connectivity index is 2.13. The minimum Gasteiger partial charge on any atom is -0.350 e. The Bertz CT molecular complexity index is 885. The predicted molar refractivity (Wildman–Crippen MR) is 99.0 cm³/mol. The molecule has 0 spiro atoms. The Hall–Kier alpha value is -2.94. The second kappa shape index (κ2) is 8.43. The maximum atomic E-state index is 12.2. The van der Waals surface area contributed by atoms with Crippen LogP contribution in [0.25, 0.3) is 0 Å². The van der Waals surface area contributed by atoms with Crippen LogP contribution in [-0.4, -0.2) is 38.0 Å². The number of amides is 2. The monoisotopic (exact) mass is 376 g/mol. The van der Waals surface area contributed by atoms with Crippen LogP contribution in [0.2, 0.25) is 0 Å². The second-order valence-electron chi connectivity index (χ2n) is 5.63. The summed E-state index contributed by atoms with van der Waals surface area (Å²) in [7, 11) is -3.69. The van der Waals surface area contributed by atoms with Crippen LogP contribution in [0.5, 0.6) is 0 Å². The van der Waals surface area contributed by atoms with Crippen LogP contribution in [-0.2, 0) is 26.2 Å². The van der Waals surface area contributed by atoms with Gasteiger partial charge in [0.15, 0.2) is 0 Å². The van der Waals surface area contributed by atoms with E-state index in [0.717, 1.165) is 16.1 Å². The Morgan fingerprint density at radius 1 is 1.15 bits per heavy atom. The number of aromatic nitrogens is 1. The lowest BCUT2D eigenvalue weighted by Crippen LogP contribution is -2.40. The van der Waals surface area contributed by atoms with Crippen molar-refractivity contribution in [3.63, 3.8) is 0 Å². The summed E-state index contributed by atoms with van der Waals surface area (Å²) in [5, 5.41) is 5.26. The molecule has 2 N–H and O–H groups in total. The first-order valence-electron chi connectivity index (χ1n) is 7.76. The zero-order valence-corrected chi connectivity index (χ0v) is 15.3. The minimum absolute atomic E-state index is 0.269. The fourth-order valence-corrected chi connectivity index (χ4v) is 3.08. The van der Waals surface area contributed by atoms with Crippen LogP contribution in [0.4, 0.5) is 11.4 Å². The van der Waals surface area contributed by atoms with Crippen molar-refractivity contribution < 1.29 is 18.0 Å². The number of carbonyl (C=O) groups excluding carboxylic acids is 2. The summed E-state index contributed by atoms with van der Waals surface area (Å²) in [6.07, 6.45) is 4.24. The molecule has 138 valence electrons. The van der Waals surface area contributed by atoms with Crippen LogP contribution in [0, 0.1) is 0 Å². The molecule has 0 aliphatic heterocycles.